The second kappa shape index (κ2) is 7.71. The summed E-state index contributed by atoms with van der Waals surface area (Å²) in [5, 5.41) is 15.6. The lowest BCUT2D eigenvalue weighted by Crippen LogP contribution is -2.29. The van der Waals surface area contributed by atoms with E-state index in [4.69, 9.17) is 4.52 Å². The van der Waals surface area contributed by atoms with Crippen LogP contribution in [0.15, 0.2) is 35.0 Å². The number of aromatic nitrogens is 5. The fourth-order valence-electron chi connectivity index (χ4n) is 2.88. The third-order valence-electron chi connectivity index (χ3n) is 4.13. The number of hydrogen-bond acceptors (Lipinski definition) is 6. The van der Waals surface area contributed by atoms with Gasteiger partial charge in [0.15, 0.2) is 11.5 Å². The van der Waals surface area contributed by atoms with Crippen molar-refractivity contribution in [2.45, 2.75) is 25.3 Å². The molecule has 3 aromatic rings. The summed E-state index contributed by atoms with van der Waals surface area (Å²) in [6.45, 7) is 1.97. The largest absolute Gasteiger partial charge is 0.332 e. The molecule has 9 heteroatoms. The molecule has 1 N–H and O–H groups in total. The number of halogens is 2. The maximum atomic E-state index is 13.2. The smallest absolute Gasteiger partial charge is 0.280 e. The van der Waals surface area contributed by atoms with Gasteiger partial charge in [0.2, 0.25) is 0 Å². The van der Waals surface area contributed by atoms with Crippen molar-refractivity contribution in [3.63, 3.8) is 0 Å². The third-order valence-corrected chi connectivity index (χ3v) is 4.13. The van der Waals surface area contributed by atoms with E-state index in [2.05, 4.69) is 25.8 Å². The summed E-state index contributed by atoms with van der Waals surface area (Å²) in [5.74, 6) is 0.551. The summed E-state index contributed by atoms with van der Waals surface area (Å²) in [6.07, 6.45) is 4.30. The Morgan fingerprint density at radius 1 is 1.28 bits per heavy atom. The van der Waals surface area contributed by atoms with Crippen LogP contribution < -0.4 is 5.32 Å². The molecule has 0 spiro atoms. The summed E-state index contributed by atoms with van der Waals surface area (Å²) in [6, 6.07) is 6.71. The molecule has 3 heterocycles. The Kier molecular flexibility index (Phi) is 5.40. The van der Waals surface area contributed by atoms with Crippen LogP contribution in [-0.2, 0) is 6.42 Å². The zero-order valence-corrected chi connectivity index (χ0v) is 14.2. The highest BCUT2D eigenvalue weighted by molar-refractivity contribution is 5.85. The average Bonchev–Trinajstić information content (AvgIpc) is 3.25. The van der Waals surface area contributed by atoms with Crippen molar-refractivity contribution in [1.82, 2.24) is 30.5 Å². The van der Waals surface area contributed by atoms with Crippen LogP contribution in [0.4, 0.5) is 4.39 Å². The molecule has 25 heavy (non-hydrogen) atoms. The first kappa shape index (κ1) is 17.5. The highest BCUT2D eigenvalue weighted by Gasteiger charge is 2.19. The first-order valence-corrected chi connectivity index (χ1v) is 7.98. The van der Waals surface area contributed by atoms with Crippen LogP contribution in [0.3, 0.4) is 0 Å². The van der Waals surface area contributed by atoms with Gasteiger partial charge in [0, 0.05) is 6.42 Å². The number of piperidine rings is 1. The molecular formula is C16H18ClFN6O. The van der Waals surface area contributed by atoms with Crippen molar-refractivity contribution in [2.75, 3.05) is 13.1 Å². The Bertz CT molecular complexity index is 829. The number of benzene rings is 1. The molecule has 1 aliphatic heterocycles. The maximum absolute atomic E-state index is 13.2. The zero-order valence-electron chi connectivity index (χ0n) is 13.4. The number of nitrogens with one attached hydrogen (secondary N) is 1. The second-order valence-electron chi connectivity index (χ2n) is 5.89. The molecular weight excluding hydrogens is 347 g/mol. The van der Waals surface area contributed by atoms with E-state index in [0.717, 1.165) is 31.5 Å². The van der Waals surface area contributed by atoms with Gasteiger partial charge in [-0.3, -0.25) is 0 Å². The molecule has 0 atom stereocenters. The van der Waals surface area contributed by atoms with Gasteiger partial charge in [-0.2, -0.15) is 4.98 Å². The van der Waals surface area contributed by atoms with Crippen molar-refractivity contribution in [3.8, 4) is 11.6 Å². The van der Waals surface area contributed by atoms with Gasteiger partial charge in [0.1, 0.15) is 5.82 Å². The fraction of sp³-hybridized carbons (Fsp3) is 0.375. The molecule has 4 rings (SSSR count). The molecule has 0 amide bonds. The minimum absolute atomic E-state index is 0. The van der Waals surface area contributed by atoms with Gasteiger partial charge >= 0.3 is 0 Å². The number of hydrogen-bond donors (Lipinski definition) is 1. The van der Waals surface area contributed by atoms with E-state index in [1.54, 1.807) is 6.07 Å². The molecule has 1 saturated heterocycles. The summed E-state index contributed by atoms with van der Waals surface area (Å²) < 4.78 is 20.4. The third kappa shape index (κ3) is 4.02. The molecule has 132 valence electrons. The quantitative estimate of drug-likeness (QED) is 0.765. The van der Waals surface area contributed by atoms with Crippen molar-refractivity contribution >= 4 is 12.4 Å². The number of rotatable bonds is 4. The SMILES string of the molecule is Cl.Fc1cccc(Cc2noc(-c3cn(C4CCNCC4)nn3)n2)c1. The fourth-order valence-corrected chi connectivity index (χ4v) is 2.88. The van der Waals surface area contributed by atoms with E-state index < -0.39 is 0 Å². The van der Waals surface area contributed by atoms with E-state index >= 15 is 0 Å². The molecule has 0 unspecified atom stereocenters. The first-order chi connectivity index (χ1) is 11.8. The highest BCUT2D eigenvalue weighted by atomic mass is 35.5. The molecule has 0 aliphatic carbocycles. The standard InChI is InChI=1S/C16H17FN6O.ClH/c17-12-3-1-2-11(8-12)9-15-19-16(24-21-15)14-10-23(22-20-14)13-4-6-18-7-5-13;/h1-3,8,10,13,18H,4-7,9H2;1H. The average molecular weight is 365 g/mol. The Morgan fingerprint density at radius 2 is 2.12 bits per heavy atom. The number of nitrogens with zero attached hydrogens (tertiary/aromatic N) is 5. The lowest BCUT2D eigenvalue weighted by atomic mass is 10.1. The summed E-state index contributed by atoms with van der Waals surface area (Å²) in [7, 11) is 0. The van der Waals surface area contributed by atoms with Crippen LogP contribution in [0.25, 0.3) is 11.6 Å². The van der Waals surface area contributed by atoms with Crippen LogP contribution >= 0.6 is 12.4 Å². The molecule has 1 aromatic carbocycles. The monoisotopic (exact) mass is 364 g/mol. The Labute approximate surface area is 150 Å². The van der Waals surface area contributed by atoms with Crippen molar-refractivity contribution < 1.29 is 8.91 Å². The summed E-state index contributed by atoms with van der Waals surface area (Å²) in [5.41, 5.74) is 1.35. The van der Waals surface area contributed by atoms with Gasteiger partial charge in [-0.25, -0.2) is 9.07 Å². The van der Waals surface area contributed by atoms with Crippen molar-refractivity contribution in [2.24, 2.45) is 0 Å². The van der Waals surface area contributed by atoms with Gasteiger partial charge in [-0.1, -0.05) is 22.5 Å². The zero-order chi connectivity index (χ0) is 16.4. The van der Waals surface area contributed by atoms with Crippen molar-refractivity contribution in [1.29, 1.82) is 0 Å². The maximum Gasteiger partial charge on any atom is 0.280 e. The van der Waals surface area contributed by atoms with Gasteiger partial charge in [-0.15, -0.1) is 17.5 Å². The lowest BCUT2D eigenvalue weighted by Gasteiger charge is -2.21. The first-order valence-electron chi connectivity index (χ1n) is 7.98. The predicted octanol–water partition coefficient (Wildman–Crippen LogP) is 2.40. The highest BCUT2D eigenvalue weighted by Crippen LogP contribution is 2.21. The van der Waals surface area contributed by atoms with Crippen LogP contribution in [0.1, 0.15) is 30.3 Å². The van der Waals surface area contributed by atoms with E-state index in [0.29, 0.717) is 29.9 Å². The van der Waals surface area contributed by atoms with E-state index in [9.17, 15) is 4.39 Å². The second-order valence-corrected chi connectivity index (χ2v) is 5.89. The normalized spacial score (nSPS) is 15.1. The lowest BCUT2D eigenvalue weighted by molar-refractivity contribution is 0.337. The van der Waals surface area contributed by atoms with Crippen LogP contribution in [-0.4, -0.2) is 38.2 Å². The van der Waals surface area contributed by atoms with Crippen molar-refractivity contribution in [3.05, 3.63) is 47.7 Å². The van der Waals surface area contributed by atoms with Crippen LogP contribution in [0, 0.1) is 5.82 Å². The van der Waals surface area contributed by atoms with E-state index in [-0.39, 0.29) is 18.2 Å². The topological polar surface area (TPSA) is 81.7 Å². The Morgan fingerprint density at radius 3 is 2.92 bits per heavy atom. The minimum Gasteiger partial charge on any atom is -0.332 e. The van der Waals surface area contributed by atoms with Crippen LogP contribution in [0.5, 0.6) is 0 Å². The molecule has 0 radical (unpaired) electrons. The molecule has 1 aliphatic rings. The molecule has 2 aromatic heterocycles. The summed E-state index contributed by atoms with van der Waals surface area (Å²) >= 11 is 0. The Hall–Kier alpha value is -2.32. The van der Waals surface area contributed by atoms with Crippen LogP contribution in [0.2, 0.25) is 0 Å². The predicted molar refractivity (Wildman–Crippen MR) is 90.9 cm³/mol. The van der Waals surface area contributed by atoms with E-state index in [1.807, 2.05) is 16.9 Å². The van der Waals surface area contributed by atoms with Gasteiger partial charge in [0.05, 0.1) is 12.2 Å². The summed E-state index contributed by atoms with van der Waals surface area (Å²) in [4.78, 5) is 4.34. The molecule has 0 bridgehead atoms. The molecule has 0 saturated carbocycles. The molecule has 7 nitrogen and oxygen atoms in total. The molecule has 1 fully saturated rings. The Balaban J connectivity index is 0.00000182. The van der Waals surface area contributed by atoms with Gasteiger partial charge in [-0.05, 0) is 43.6 Å². The van der Waals surface area contributed by atoms with Gasteiger partial charge in [0.25, 0.3) is 5.89 Å². The minimum atomic E-state index is -0.277. The van der Waals surface area contributed by atoms with E-state index in [1.165, 1.54) is 12.1 Å². The van der Waals surface area contributed by atoms with Gasteiger partial charge < -0.3 is 9.84 Å².